The van der Waals surface area contributed by atoms with E-state index in [-0.39, 0.29) is 35.4 Å². The molecule has 31 heavy (non-hydrogen) atoms. The molecule has 2 fully saturated rings. The van der Waals surface area contributed by atoms with Gasteiger partial charge in [-0.3, -0.25) is 4.79 Å². The normalized spacial score (nSPS) is 23.9. The monoisotopic (exact) mass is 446 g/mol. The largest absolute Gasteiger partial charge is 0.378 e. The molecule has 6 nitrogen and oxygen atoms in total. The number of hydrogen-bond acceptors (Lipinski definition) is 4. The Morgan fingerprint density at radius 2 is 1.84 bits per heavy atom. The Morgan fingerprint density at radius 1 is 1.16 bits per heavy atom. The quantitative estimate of drug-likeness (QED) is 0.596. The lowest BCUT2D eigenvalue weighted by molar-refractivity contribution is -0.139. The van der Waals surface area contributed by atoms with Gasteiger partial charge in [0.1, 0.15) is 0 Å². The maximum Gasteiger partial charge on any atom is 0.243 e. The van der Waals surface area contributed by atoms with Gasteiger partial charge in [0.05, 0.1) is 23.0 Å². The molecule has 7 heteroatoms. The van der Waals surface area contributed by atoms with Gasteiger partial charge in [-0.05, 0) is 51.2 Å². The van der Waals surface area contributed by atoms with Gasteiger partial charge in [0.25, 0.3) is 0 Å². The van der Waals surface area contributed by atoms with E-state index in [1.807, 2.05) is 42.2 Å². The van der Waals surface area contributed by atoms with E-state index in [2.05, 4.69) is 6.58 Å². The Kier molecular flexibility index (Phi) is 8.08. The molecule has 1 unspecified atom stereocenters. The van der Waals surface area contributed by atoms with E-state index in [1.54, 1.807) is 13.0 Å². The zero-order valence-electron chi connectivity index (χ0n) is 18.6. The molecule has 0 aliphatic carbocycles. The number of hydrogen-bond donors (Lipinski definition) is 0. The number of benzene rings is 1. The first-order valence-corrected chi connectivity index (χ1v) is 12.6. The zero-order chi connectivity index (χ0) is 22.4. The number of sulfonamides is 1. The van der Waals surface area contributed by atoms with Crippen LogP contribution in [0.4, 0.5) is 0 Å². The van der Waals surface area contributed by atoms with Gasteiger partial charge in [0.15, 0.2) is 0 Å². The third-order valence-corrected chi connectivity index (χ3v) is 8.04. The van der Waals surface area contributed by atoms with Gasteiger partial charge < -0.3 is 9.64 Å². The van der Waals surface area contributed by atoms with Crippen LogP contribution in [0.3, 0.4) is 0 Å². The van der Waals surface area contributed by atoms with Crippen LogP contribution in [0.2, 0.25) is 0 Å². The van der Waals surface area contributed by atoms with Crippen LogP contribution < -0.4 is 0 Å². The summed E-state index contributed by atoms with van der Waals surface area (Å²) >= 11 is 0. The molecule has 0 aromatic heterocycles. The molecule has 0 spiro atoms. The van der Waals surface area contributed by atoms with Crippen LogP contribution in [0.5, 0.6) is 0 Å². The van der Waals surface area contributed by atoms with Gasteiger partial charge >= 0.3 is 0 Å². The highest BCUT2D eigenvalue weighted by molar-refractivity contribution is 7.93. The Bertz CT molecular complexity index is 889. The predicted octanol–water partition coefficient (Wildman–Crippen LogP) is 3.89. The van der Waals surface area contributed by atoms with E-state index in [1.165, 1.54) is 10.4 Å². The van der Waals surface area contributed by atoms with Crippen LogP contribution in [0, 0.1) is 5.92 Å². The van der Waals surface area contributed by atoms with Crippen molar-refractivity contribution in [3.8, 4) is 0 Å². The second-order valence-corrected chi connectivity index (χ2v) is 10.2. The van der Waals surface area contributed by atoms with E-state index in [4.69, 9.17) is 4.74 Å². The smallest absolute Gasteiger partial charge is 0.243 e. The van der Waals surface area contributed by atoms with Gasteiger partial charge in [0.2, 0.25) is 15.9 Å². The lowest BCUT2D eigenvalue weighted by atomic mass is 9.89. The minimum atomic E-state index is -3.77. The fraction of sp³-hybridized carbons (Fsp3) is 0.542. The van der Waals surface area contributed by atoms with Crippen molar-refractivity contribution in [2.24, 2.45) is 5.92 Å². The second-order valence-electron chi connectivity index (χ2n) is 8.22. The van der Waals surface area contributed by atoms with Crippen LogP contribution in [-0.2, 0) is 19.6 Å². The fourth-order valence-corrected chi connectivity index (χ4v) is 6.12. The summed E-state index contributed by atoms with van der Waals surface area (Å²) in [7, 11) is -3.77. The van der Waals surface area contributed by atoms with Crippen molar-refractivity contribution >= 4 is 15.9 Å². The number of piperidine rings is 2. The summed E-state index contributed by atoms with van der Waals surface area (Å²) in [6.45, 7) is 9.73. The summed E-state index contributed by atoms with van der Waals surface area (Å²) in [5.74, 6) is -0.282. The molecule has 0 saturated carbocycles. The lowest BCUT2D eigenvalue weighted by Crippen LogP contribution is -2.50. The SMILES string of the molecule is C=C(/C=C\C)S(=O)(=O)N1C[C@H](C(=O)N2CCC(OCC)CC2)CCC1c1ccccc1. The topological polar surface area (TPSA) is 66.9 Å². The third kappa shape index (κ3) is 5.45. The average Bonchev–Trinajstić information content (AvgIpc) is 2.79. The fourth-order valence-electron chi connectivity index (χ4n) is 4.57. The predicted molar refractivity (Wildman–Crippen MR) is 123 cm³/mol. The molecule has 1 amide bonds. The Labute approximate surface area is 186 Å². The molecule has 2 atom stereocenters. The molecule has 170 valence electrons. The molecule has 0 bridgehead atoms. The molecule has 2 heterocycles. The number of carbonyl (C=O) groups excluding carboxylic acids is 1. The number of carbonyl (C=O) groups is 1. The summed E-state index contributed by atoms with van der Waals surface area (Å²) in [5.41, 5.74) is 0.947. The van der Waals surface area contributed by atoms with Crippen molar-refractivity contribution in [1.82, 2.24) is 9.21 Å². The van der Waals surface area contributed by atoms with E-state index >= 15 is 0 Å². The minimum Gasteiger partial charge on any atom is -0.378 e. The summed E-state index contributed by atoms with van der Waals surface area (Å²) in [6.07, 6.45) is 6.35. The van der Waals surface area contributed by atoms with Gasteiger partial charge in [-0.15, -0.1) is 0 Å². The van der Waals surface area contributed by atoms with Crippen molar-refractivity contribution < 1.29 is 17.9 Å². The standard InChI is InChI=1S/C24H34N2O4S/c1-4-9-19(3)31(28,29)26-18-21(12-13-23(26)20-10-7-6-8-11-20)24(27)25-16-14-22(15-17-25)30-5-2/h4,6-11,21-23H,3,5,12-18H2,1-2H3/b9-4-/t21-,23?/m1/s1. The zero-order valence-corrected chi connectivity index (χ0v) is 19.4. The van der Waals surface area contributed by atoms with Crippen molar-refractivity contribution in [3.05, 3.63) is 59.5 Å². The molecular formula is C24H34N2O4S. The van der Waals surface area contributed by atoms with Gasteiger partial charge in [-0.2, -0.15) is 4.31 Å². The third-order valence-electron chi connectivity index (χ3n) is 6.22. The van der Waals surface area contributed by atoms with Crippen LogP contribution in [0.1, 0.15) is 51.1 Å². The number of rotatable bonds is 7. The van der Waals surface area contributed by atoms with Crippen molar-refractivity contribution in [2.75, 3.05) is 26.2 Å². The van der Waals surface area contributed by atoms with Crippen LogP contribution in [0.25, 0.3) is 0 Å². The number of likely N-dealkylation sites (tertiary alicyclic amines) is 1. The highest BCUT2D eigenvalue weighted by atomic mass is 32.2. The average molecular weight is 447 g/mol. The first-order valence-electron chi connectivity index (χ1n) is 11.2. The number of ether oxygens (including phenoxy) is 1. The molecule has 3 rings (SSSR count). The Morgan fingerprint density at radius 3 is 2.45 bits per heavy atom. The van der Waals surface area contributed by atoms with Crippen molar-refractivity contribution in [1.29, 1.82) is 0 Å². The second kappa shape index (κ2) is 10.6. The number of nitrogens with zero attached hydrogens (tertiary/aromatic N) is 2. The summed E-state index contributed by atoms with van der Waals surface area (Å²) < 4.78 is 33.9. The van der Waals surface area contributed by atoms with E-state index in [0.717, 1.165) is 18.4 Å². The first kappa shape index (κ1) is 23.7. The van der Waals surface area contributed by atoms with Gasteiger partial charge in [0, 0.05) is 26.2 Å². The number of allylic oxidation sites excluding steroid dienone is 2. The Hall–Kier alpha value is -1.96. The molecular weight excluding hydrogens is 412 g/mol. The summed E-state index contributed by atoms with van der Waals surface area (Å²) in [5, 5.41) is 0. The highest BCUT2D eigenvalue weighted by Crippen LogP contribution is 2.38. The maximum absolute atomic E-state index is 13.4. The highest BCUT2D eigenvalue weighted by Gasteiger charge is 2.41. The molecule has 0 N–H and O–H groups in total. The molecule has 1 aromatic carbocycles. The minimum absolute atomic E-state index is 0.0540. The van der Waals surface area contributed by atoms with Crippen molar-refractivity contribution in [2.45, 2.75) is 51.7 Å². The summed E-state index contributed by atoms with van der Waals surface area (Å²) in [4.78, 5) is 15.2. The van der Waals surface area contributed by atoms with E-state index in [9.17, 15) is 13.2 Å². The number of amides is 1. The van der Waals surface area contributed by atoms with E-state index in [0.29, 0.717) is 32.5 Å². The molecule has 0 radical (unpaired) electrons. The van der Waals surface area contributed by atoms with Crippen LogP contribution in [0.15, 0.2) is 54.0 Å². The first-order chi connectivity index (χ1) is 14.9. The summed E-state index contributed by atoms with van der Waals surface area (Å²) in [6, 6.07) is 9.36. The molecule has 1 aromatic rings. The lowest BCUT2D eigenvalue weighted by Gasteiger charge is -2.41. The van der Waals surface area contributed by atoms with Gasteiger partial charge in [-0.25, -0.2) is 8.42 Å². The maximum atomic E-state index is 13.4. The van der Waals surface area contributed by atoms with Gasteiger partial charge in [-0.1, -0.05) is 43.0 Å². The molecule has 2 saturated heterocycles. The van der Waals surface area contributed by atoms with E-state index < -0.39 is 10.0 Å². The molecule has 2 aliphatic rings. The molecule has 2 aliphatic heterocycles. The van der Waals surface area contributed by atoms with Crippen molar-refractivity contribution in [3.63, 3.8) is 0 Å². The Balaban J connectivity index is 1.79. The van der Waals surface area contributed by atoms with Crippen LogP contribution >= 0.6 is 0 Å². The van der Waals surface area contributed by atoms with Crippen LogP contribution in [-0.4, -0.2) is 55.9 Å².